The molecule has 5 nitrogen and oxygen atoms in total. The van der Waals surface area contributed by atoms with Crippen LogP contribution >= 0.6 is 0 Å². The van der Waals surface area contributed by atoms with Crippen molar-refractivity contribution in [2.45, 2.75) is 44.7 Å². The average molecular weight is 364 g/mol. The number of anilines is 2. The highest BCUT2D eigenvalue weighted by Gasteiger charge is 2.38. The van der Waals surface area contributed by atoms with Gasteiger partial charge >= 0.3 is 0 Å². The Balaban J connectivity index is 1.82. The van der Waals surface area contributed by atoms with E-state index in [4.69, 9.17) is 16.0 Å². The molecule has 5 heteroatoms. The van der Waals surface area contributed by atoms with E-state index in [9.17, 15) is 4.79 Å². The molecule has 1 fully saturated rings. The molecule has 1 saturated heterocycles. The van der Waals surface area contributed by atoms with Gasteiger partial charge in [0.05, 0.1) is 12.5 Å². The standard InChI is InChI=1S/C22H24N2O3/c1-22(2)26-19(14-20(27-22)16-23-3)15-21(25)24(17-10-6-4-7-11-17)18-12-8-5-9-13-18/h4-13,19-20H,14-16H2,1-2H3/t19-,20+/m1/s1. The van der Waals surface area contributed by atoms with Gasteiger partial charge in [0.15, 0.2) is 5.79 Å². The summed E-state index contributed by atoms with van der Waals surface area (Å²) < 4.78 is 11.8. The van der Waals surface area contributed by atoms with Gasteiger partial charge in [-0.2, -0.15) is 0 Å². The first-order chi connectivity index (χ1) is 13.0. The van der Waals surface area contributed by atoms with E-state index in [-0.39, 0.29) is 31.1 Å². The van der Waals surface area contributed by atoms with Crippen molar-refractivity contribution in [3.63, 3.8) is 0 Å². The summed E-state index contributed by atoms with van der Waals surface area (Å²) in [5, 5.41) is 0. The van der Waals surface area contributed by atoms with Crippen LogP contribution in [0.1, 0.15) is 26.7 Å². The van der Waals surface area contributed by atoms with Gasteiger partial charge in [-0.3, -0.25) is 9.69 Å². The van der Waals surface area contributed by atoms with Crippen molar-refractivity contribution in [1.82, 2.24) is 0 Å². The van der Waals surface area contributed by atoms with Crippen molar-refractivity contribution >= 4 is 17.3 Å². The zero-order valence-electron chi connectivity index (χ0n) is 15.7. The van der Waals surface area contributed by atoms with Crippen molar-refractivity contribution in [3.8, 4) is 0 Å². The summed E-state index contributed by atoms with van der Waals surface area (Å²) in [5.74, 6) is -0.847. The minimum atomic E-state index is -0.803. The number of rotatable bonds is 5. The molecule has 1 heterocycles. The van der Waals surface area contributed by atoms with Gasteiger partial charge in [0.2, 0.25) is 12.5 Å². The number of benzene rings is 2. The lowest BCUT2D eigenvalue weighted by atomic mass is 10.0. The van der Waals surface area contributed by atoms with Gasteiger partial charge in [-0.25, -0.2) is 6.57 Å². The molecule has 27 heavy (non-hydrogen) atoms. The summed E-state index contributed by atoms with van der Waals surface area (Å²) >= 11 is 0. The Labute approximate surface area is 160 Å². The zero-order chi connectivity index (χ0) is 19.3. The molecule has 0 radical (unpaired) electrons. The summed E-state index contributed by atoms with van der Waals surface area (Å²) in [6.45, 7) is 11.0. The monoisotopic (exact) mass is 364 g/mol. The lowest BCUT2D eigenvalue weighted by Gasteiger charge is -2.39. The van der Waals surface area contributed by atoms with Gasteiger partial charge in [-0.15, -0.1) is 0 Å². The Bertz CT molecular complexity index is 760. The Morgan fingerprint density at radius 1 is 1.04 bits per heavy atom. The van der Waals surface area contributed by atoms with E-state index >= 15 is 0 Å². The van der Waals surface area contributed by atoms with E-state index in [0.717, 1.165) is 11.4 Å². The van der Waals surface area contributed by atoms with Gasteiger partial charge in [-0.05, 0) is 38.1 Å². The fraction of sp³-hybridized carbons (Fsp3) is 0.364. The Morgan fingerprint density at radius 3 is 2.07 bits per heavy atom. The molecule has 0 aliphatic carbocycles. The van der Waals surface area contributed by atoms with Crippen molar-refractivity contribution in [3.05, 3.63) is 72.1 Å². The van der Waals surface area contributed by atoms with Gasteiger partial charge < -0.3 is 14.3 Å². The summed E-state index contributed by atoms with van der Waals surface area (Å²) in [6.07, 6.45) is 0.258. The minimum Gasteiger partial charge on any atom is -0.347 e. The first-order valence-corrected chi connectivity index (χ1v) is 9.10. The SMILES string of the molecule is [C-]#[N+]C[C@@H]1C[C@H](CC(=O)N(c2ccccc2)c2ccccc2)OC(C)(C)O1. The zero-order valence-corrected chi connectivity index (χ0v) is 15.7. The highest BCUT2D eigenvalue weighted by atomic mass is 16.7. The van der Waals surface area contributed by atoms with E-state index < -0.39 is 5.79 Å². The number of carbonyl (C=O) groups is 1. The number of ether oxygens (including phenoxy) is 2. The predicted molar refractivity (Wildman–Crippen MR) is 105 cm³/mol. The van der Waals surface area contributed by atoms with Crippen LogP contribution in [0.3, 0.4) is 0 Å². The van der Waals surface area contributed by atoms with Gasteiger partial charge in [0.25, 0.3) is 0 Å². The molecule has 0 saturated carbocycles. The third-order valence-electron chi connectivity index (χ3n) is 4.40. The summed E-state index contributed by atoms with van der Waals surface area (Å²) in [4.78, 5) is 18.4. The topological polar surface area (TPSA) is 43.1 Å². The Kier molecular flexibility index (Phi) is 5.90. The summed E-state index contributed by atoms with van der Waals surface area (Å²) in [7, 11) is 0. The summed E-state index contributed by atoms with van der Waals surface area (Å²) in [5.41, 5.74) is 1.63. The van der Waals surface area contributed by atoms with Crippen LogP contribution in [0.2, 0.25) is 0 Å². The molecule has 0 N–H and O–H groups in total. The van der Waals surface area contributed by atoms with E-state index in [2.05, 4.69) is 4.85 Å². The normalized spacial score (nSPS) is 21.2. The molecule has 140 valence electrons. The molecule has 2 aromatic carbocycles. The molecule has 0 unspecified atom stereocenters. The maximum atomic E-state index is 13.2. The van der Waals surface area contributed by atoms with Gasteiger partial charge in [0, 0.05) is 17.8 Å². The lowest BCUT2D eigenvalue weighted by molar-refractivity contribution is -0.295. The van der Waals surface area contributed by atoms with Crippen molar-refractivity contribution < 1.29 is 14.3 Å². The molecule has 1 aliphatic heterocycles. The molecule has 0 aromatic heterocycles. The fourth-order valence-corrected chi connectivity index (χ4v) is 3.44. The van der Waals surface area contributed by atoms with Gasteiger partial charge in [-0.1, -0.05) is 36.4 Å². The van der Waals surface area contributed by atoms with E-state index in [0.29, 0.717) is 6.42 Å². The Morgan fingerprint density at radius 2 is 1.56 bits per heavy atom. The van der Waals surface area contributed by atoms with E-state index in [1.807, 2.05) is 74.5 Å². The number of para-hydroxylation sites is 2. The lowest BCUT2D eigenvalue weighted by Crippen LogP contribution is -2.47. The second-order valence-corrected chi connectivity index (χ2v) is 7.06. The van der Waals surface area contributed by atoms with Crippen LogP contribution in [-0.2, 0) is 14.3 Å². The molecule has 2 aromatic rings. The molecular weight excluding hydrogens is 340 g/mol. The molecule has 1 aliphatic rings. The van der Waals surface area contributed by atoms with Crippen LogP contribution in [0.15, 0.2) is 60.7 Å². The van der Waals surface area contributed by atoms with Crippen LogP contribution < -0.4 is 4.90 Å². The Hall–Kier alpha value is -2.68. The quantitative estimate of drug-likeness (QED) is 0.730. The van der Waals surface area contributed by atoms with Crippen molar-refractivity contribution in [1.29, 1.82) is 0 Å². The minimum absolute atomic E-state index is 0.0448. The number of amides is 1. The van der Waals surface area contributed by atoms with Crippen molar-refractivity contribution in [2.75, 3.05) is 11.4 Å². The third-order valence-corrected chi connectivity index (χ3v) is 4.40. The smallest absolute Gasteiger partial charge is 0.240 e. The molecule has 2 atom stereocenters. The van der Waals surface area contributed by atoms with Crippen LogP contribution in [0.4, 0.5) is 11.4 Å². The summed E-state index contributed by atoms with van der Waals surface area (Å²) in [6, 6.07) is 19.2. The number of nitrogens with zero attached hydrogens (tertiary/aromatic N) is 2. The van der Waals surface area contributed by atoms with Crippen LogP contribution in [0, 0.1) is 6.57 Å². The fourth-order valence-electron chi connectivity index (χ4n) is 3.44. The molecule has 0 bridgehead atoms. The molecule has 3 rings (SSSR count). The second-order valence-electron chi connectivity index (χ2n) is 7.06. The molecular formula is C22H24N2O3. The number of carbonyl (C=O) groups excluding carboxylic acids is 1. The largest absolute Gasteiger partial charge is 0.347 e. The molecule has 1 amide bonds. The maximum Gasteiger partial charge on any atom is 0.240 e. The highest BCUT2D eigenvalue weighted by molar-refractivity contribution is 6.00. The van der Waals surface area contributed by atoms with Crippen LogP contribution in [-0.4, -0.2) is 30.4 Å². The highest BCUT2D eigenvalue weighted by Crippen LogP contribution is 2.31. The third kappa shape index (κ3) is 4.94. The first kappa shape index (κ1) is 19.1. The van der Waals surface area contributed by atoms with Crippen LogP contribution in [0.5, 0.6) is 0 Å². The number of hydrogen-bond donors (Lipinski definition) is 0. The van der Waals surface area contributed by atoms with E-state index in [1.165, 1.54) is 0 Å². The average Bonchev–Trinajstić information content (AvgIpc) is 2.62. The first-order valence-electron chi connectivity index (χ1n) is 9.10. The maximum absolute atomic E-state index is 13.2. The molecule has 0 spiro atoms. The second kappa shape index (κ2) is 8.34. The van der Waals surface area contributed by atoms with E-state index in [1.54, 1.807) is 4.90 Å². The van der Waals surface area contributed by atoms with Crippen LogP contribution in [0.25, 0.3) is 4.85 Å². The number of hydrogen-bond acceptors (Lipinski definition) is 3. The van der Waals surface area contributed by atoms with Gasteiger partial charge in [0.1, 0.15) is 6.10 Å². The van der Waals surface area contributed by atoms with Crippen molar-refractivity contribution in [2.24, 2.45) is 0 Å². The predicted octanol–water partition coefficient (Wildman–Crippen LogP) is 4.57.